The lowest BCUT2D eigenvalue weighted by Crippen LogP contribution is -1.90. The largest absolute Gasteiger partial charge is 0.478 e. The van der Waals surface area contributed by atoms with Crippen LogP contribution in [0.4, 0.5) is 0 Å². The molecule has 4 heteroatoms. The van der Waals surface area contributed by atoms with E-state index in [1.165, 1.54) is 6.08 Å². The number of carbonyl (C=O) groups is 1. The molecule has 1 aliphatic rings. The number of thioether (sulfide) groups is 2. The molecule has 56 valence electrons. The van der Waals surface area contributed by atoms with Crippen LogP contribution in [0.1, 0.15) is 0 Å². The lowest BCUT2D eigenvalue weighted by molar-refractivity contribution is -0.131. The van der Waals surface area contributed by atoms with Gasteiger partial charge in [-0.2, -0.15) is 0 Å². The minimum atomic E-state index is -0.854. The molecule has 0 spiro atoms. The summed E-state index contributed by atoms with van der Waals surface area (Å²) < 4.78 is 0.371. The fraction of sp³-hybridized carbons (Fsp3) is 0.500. The van der Waals surface area contributed by atoms with Gasteiger partial charge in [0.15, 0.2) is 0 Å². The van der Waals surface area contributed by atoms with E-state index in [9.17, 15) is 4.79 Å². The first kappa shape index (κ1) is 8.01. The third kappa shape index (κ3) is 2.66. The molecule has 0 amide bonds. The monoisotopic (exact) mass is 176 g/mol. The van der Waals surface area contributed by atoms with Crippen LogP contribution in [0.3, 0.4) is 0 Å². The lowest BCUT2D eigenvalue weighted by atomic mass is 10.5. The van der Waals surface area contributed by atoms with E-state index in [-0.39, 0.29) is 0 Å². The summed E-state index contributed by atoms with van der Waals surface area (Å²) in [4.78, 5) is 10.1. The van der Waals surface area contributed by atoms with Crippen LogP contribution in [0.15, 0.2) is 12.2 Å². The molecule has 0 radical (unpaired) electrons. The van der Waals surface area contributed by atoms with Crippen LogP contribution in [-0.4, -0.2) is 27.2 Å². The van der Waals surface area contributed by atoms with E-state index in [1.54, 1.807) is 29.6 Å². The fourth-order valence-electron chi connectivity index (χ4n) is 0.649. The number of carboxylic acid groups (broad SMARTS) is 1. The van der Waals surface area contributed by atoms with Crippen LogP contribution < -0.4 is 0 Å². The van der Waals surface area contributed by atoms with Gasteiger partial charge in [0.25, 0.3) is 0 Å². The summed E-state index contributed by atoms with van der Waals surface area (Å²) in [6.07, 6.45) is 2.96. The smallest absolute Gasteiger partial charge is 0.328 e. The highest BCUT2D eigenvalue weighted by Crippen LogP contribution is 2.32. The fourth-order valence-corrected chi connectivity index (χ4v) is 3.22. The Hall–Kier alpha value is -0.0900. The van der Waals surface area contributed by atoms with Gasteiger partial charge in [-0.1, -0.05) is 6.08 Å². The van der Waals surface area contributed by atoms with Crippen molar-refractivity contribution in [3.8, 4) is 0 Å². The average molecular weight is 176 g/mol. The Morgan fingerprint density at radius 2 is 2.10 bits per heavy atom. The maximum Gasteiger partial charge on any atom is 0.328 e. The van der Waals surface area contributed by atoms with E-state index in [0.717, 1.165) is 11.5 Å². The summed E-state index contributed by atoms with van der Waals surface area (Å²) in [6, 6.07) is 0. The van der Waals surface area contributed by atoms with Gasteiger partial charge in [-0.25, -0.2) is 4.79 Å². The molecule has 1 fully saturated rings. The van der Waals surface area contributed by atoms with Crippen molar-refractivity contribution in [1.29, 1.82) is 0 Å². The Labute approximate surface area is 68.1 Å². The van der Waals surface area contributed by atoms with Crippen molar-refractivity contribution in [2.24, 2.45) is 0 Å². The second kappa shape index (κ2) is 3.93. The standard InChI is InChI=1S/C6H8O2S2/c7-5(8)1-2-6-9-3-4-10-6/h1-2,6H,3-4H2,(H,7,8)/b2-1-. The zero-order chi connectivity index (χ0) is 7.40. The summed E-state index contributed by atoms with van der Waals surface area (Å²) in [7, 11) is 0. The highest BCUT2D eigenvalue weighted by Gasteiger charge is 2.12. The molecule has 0 saturated carbocycles. The quantitative estimate of drug-likeness (QED) is 0.646. The van der Waals surface area contributed by atoms with Gasteiger partial charge < -0.3 is 5.11 Å². The molecular weight excluding hydrogens is 168 g/mol. The Kier molecular flexibility index (Phi) is 3.15. The second-order valence-electron chi connectivity index (χ2n) is 1.81. The second-order valence-corrected chi connectivity index (χ2v) is 4.60. The topological polar surface area (TPSA) is 37.3 Å². The molecule has 0 aromatic heterocycles. The predicted octanol–water partition coefficient (Wildman–Crippen LogP) is 1.43. The van der Waals surface area contributed by atoms with Gasteiger partial charge in [-0.15, -0.1) is 23.5 Å². The SMILES string of the molecule is O=C(O)/C=C\C1SCCS1. The van der Waals surface area contributed by atoms with Crippen molar-refractivity contribution in [3.63, 3.8) is 0 Å². The number of aliphatic carboxylic acids is 1. The van der Waals surface area contributed by atoms with Crippen molar-refractivity contribution in [2.75, 3.05) is 11.5 Å². The lowest BCUT2D eigenvalue weighted by Gasteiger charge is -1.96. The first-order valence-electron chi connectivity index (χ1n) is 2.93. The van der Waals surface area contributed by atoms with Crippen molar-refractivity contribution in [1.82, 2.24) is 0 Å². The van der Waals surface area contributed by atoms with E-state index in [0.29, 0.717) is 4.58 Å². The zero-order valence-electron chi connectivity index (χ0n) is 5.32. The Morgan fingerprint density at radius 1 is 1.50 bits per heavy atom. The highest BCUT2D eigenvalue weighted by molar-refractivity contribution is 8.20. The number of rotatable bonds is 2. The van der Waals surface area contributed by atoms with Crippen molar-refractivity contribution in [3.05, 3.63) is 12.2 Å². The maximum atomic E-state index is 10.1. The van der Waals surface area contributed by atoms with Gasteiger partial charge in [-0.3, -0.25) is 0 Å². The van der Waals surface area contributed by atoms with Gasteiger partial charge in [0.2, 0.25) is 0 Å². The predicted molar refractivity (Wildman–Crippen MR) is 45.5 cm³/mol. The molecule has 0 unspecified atom stereocenters. The summed E-state index contributed by atoms with van der Waals surface area (Å²) in [5.41, 5.74) is 0. The zero-order valence-corrected chi connectivity index (χ0v) is 6.95. The first-order chi connectivity index (χ1) is 4.79. The molecule has 0 atom stereocenters. The Bertz CT molecular complexity index is 150. The van der Waals surface area contributed by atoms with Crippen LogP contribution in [0.2, 0.25) is 0 Å². The molecule has 1 rings (SSSR count). The van der Waals surface area contributed by atoms with Crippen LogP contribution in [0, 0.1) is 0 Å². The van der Waals surface area contributed by atoms with Gasteiger partial charge in [-0.05, 0) is 0 Å². The number of carboxylic acids is 1. The summed E-state index contributed by atoms with van der Waals surface area (Å²) >= 11 is 3.59. The molecule has 0 bridgehead atoms. The minimum absolute atomic E-state index is 0.371. The van der Waals surface area contributed by atoms with E-state index < -0.39 is 5.97 Å². The summed E-state index contributed by atoms with van der Waals surface area (Å²) in [6.45, 7) is 0. The van der Waals surface area contributed by atoms with Crippen LogP contribution in [0.25, 0.3) is 0 Å². The molecule has 0 aromatic rings. The molecule has 0 aromatic carbocycles. The summed E-state index contributed by atoms with van der Waals surface area (Å²) in [5.74, 6) is 1.42. The maximum absolute atomic E-state index is 10.1. The molecule has 1 N–H and O–H groups in total. The van der Waals surface area contributed by atoms with Crippen molar-refractivity contribution in [2.45, 2.75) is 4.58 Å². The van der Waals surface area contributed by atoms with E-state index in [2.05, 4.69) is 0 Å². The van der Waals surface area contributed by atoms with Crippen LogP contribution in [0.5, 0.6) is 0 Å². The third-order valence-corrected chi connectivity index (χ3v) is 3.97. The van der Waals surface area contributed by atoms with Crippen LogP contribution >= 0.6 is 23.5 Å². The summed E-state index contributed by atoms with van der Waals surface area (Å²) in [5, 5.41) is 8.27. The third-order valence-electron chi connectivity index (χ3n) is 1.04. The average Bonchev–Trinajstić information content (AvgIpc) is 2.34. The highest BCUT2D eigenvalue weighted by atomic mass is 32.2. The van der Waals surface area contributed by atoms with Gasteiger partial charge in [0, 0.05) is 17.6 Å². The Morgan fingerprint density at radius 3 is 2.60 bits per heavy atom. The molecule has 1 heterocycles. The van der Waals surface area contributed by atoms with Crippen molar-refractivity contribution < 1.29 is 9.90 Å². The van der Waals surface area contributed by atoms with E-state index >= 15 is 0 Å². The molecule has 1 saturated heterocycles. The minimum Gasteiger partial charge on any atom is -0.478 e. The van der Waals surface area contributed by atoms with Crippen molar-refractivity contribution >= 4 is 29.5 Å². The number of hydrogen-bond acceptors (Lipinski definition) is 3. The van der Waals surface area contributed by atoms with E-state index in [4.69, 9.17) is 5.11 Å². The van der Waals surface area contributed by atoms with Crippen LogP contribution in [-0.2, 0) is 4.79 Å². The molecule has 2 nitrogen and oxygen atoms in total. The van der Waals surface area contributed by atoms with Gasteiger partial charge >= 0.3 is 5.97 Å². The van der Waals surface area contributed by atoms with Gasteiger partial charge in [0.1, 0.15) is 0 Å². The molecule has 1 aliphatic heterocycles. The van der Waals surface area contributed by atoms with Gasteiger partial charge in [0.05, 0.1) is 4.58 Å². The number of hydrogen-bond donors (Lipinski definition) is 1. The molecule has 0 aliphatic carbocycles. The first-order valence-corrected chi connectivity index (χ1v) is 5.03. The normalized spacial score (nSPS) is 20.4. The van der Waals surface area contributed by atoms with E-state index in [1.807, 2.05) is 0 Å². The Balaban J connectivity index is 2.29. The molecular formula is C6H8O2S2. The molecule has 10 heavy (non-hydrogen) atoms.